The van der Waals surface area contributed by atoms with Crippen molar-refractivity contribution in [3.63, 3.8) is 0 Å². The zero-order chi connectivity index (χ0) is 24.5. The Labute approximate surface area is 199 Å². The van der Waals surface area contributed by atoms with Gasteiger partial charge in [-0.2, -0.15) is 0 Å². The van der Waals surface area contributed by atoms with E-state index in [1.807, 2.05) is 18.7 Å². The predicted molar refractivity (Wildman–Crippen MR) is 128 cm³/mol. The standard InChI is InChI=1S/C25H31FN4O4/c1-18(2)17-34-25(33)30-13-5-12-29(14-15-30)16-23(31)28-22-7-4-3-6-21(22)24(32)27-20-10-8-19(26)9-11-20/h3-4,6-11,18H,5,12-17H2,1-2H3,(H,27,32)(H,28,31). The zero-order valence-electron chi connectivity index (χ0n) is 19.6. The highest BCUT2D eigenvalue weighted by molar-refractivity contribution is 6.10. The minimum atomic E-state index is -0.409. The fourth-order valence-electron chi connectivity index (χ4n) is 3.56. The van der Waals surface area contributed by atoms with Gasteiger partial charge in [-0.25, -0.2) is 9.18 Å². The first-order chi connectivity index (χ1) is 16.3. The van der Waals surface area contributed by atoms with Gasteiger partial charge < -0.3 is 20.3 Å². The van der Waals surface area contributed by atoms with Crippen LogP contribution in [0.1, 0.15) is 30.6 Å². The lowest BCUT2D eigenvalue weighted by Crippen LogP contribution is -2.38. The fourth-order valence-corrected chi connectivity index (χ4v) is 3.56. The van der Waals surface area contributed by atoms with Crippen molar-refractivity contribution in [2.24, 2.45) is 5.92 Å². The monoisotopic (exact) mass is 470 g/mol. The number of para-hydroxylation sites is 1. The minimum Gasteiger partial charge on any atom is -0.449 e. The number of halogens is 1. The fraction of sp³-hybridized carbons (Fsp3) is 0.400. The first kappa shape index (κ1) is 25.2. The lowest BCUT2D eigenvalue weighted by molar-refractivity contribution is -0.117. The molecule has 182 valence electrons. The summed E-state index contributed by atoms with van der Waals surface area (Å²) in [6.45, 7) is 6.80. The Morgan fingerprint density at radius 3 is 2.44 bits per heavy atom. The molecule has 34 heavy (non-hydrogen) atoms. The number of anilines is 2. The van der Waals surface area contributed by atoms with Crippen LogP contribution in [0.25, 0.3) is 0 Å². The van der Waals surface area contributed by atoms with E-state index >= 15 is 0 Å². The molecule has 2 aromatic carbocycles. The third-order valence-corrected chi connectivity index (χ3v) is 5.30. The largest absolute Gasteiger partial charge is 0.449 e. The Morgan fingerprint density at radius 2 is 1.71 bits per heavy atom. The molecule has 0 unspecified atom stereocenters. The van der Waals surface area contributed by atoms with Crippen LogP contribution < -0.4 is 10.6 Å². The predicted octanol–water partition coefficient (Wildman–Crippen LogP) is 3.82. The Hall–Kier alpha value is -3.46. The van der Waals surface area contributed by atoms with Crippen LogP contribution in [0.4, 0.5) is 20.6 Å². The minimum absolute atomic E-state index is 0.142. The van der Waals surface area contributed by atoms with Crippen LogP contribution >= 0.6 is 0 Å². The topological polar surface area (TPSA) is 91.0 Å². The van der Waals surface area contributed by atoms with E-state index in [0.29, 0.717) is 49.7 Å². The summed E-state index contributed by atoms with van der Waals surface area (Å²) in [4.78, 5) is 41.3. The number of hydrogen-bond acceptors (Lipinski definition) is 5. The van der Waals surface area contributed by atoms with E-state index < -0.39 is 11.7 Å². The van der Waals surface area contributed by atoms with E-state index in [4.69, 9.17) is 4.74 Å². The zero-order valence-corrected chi connectivity index (χ0v) is 19.6. The van der Waals surface area contributed by atoms with Crippen molar-refractivity contribution in [3.8, 4) is 0 Å². The number of carbonyl (C=O) groups is 3. The molecule has 0 atom stereocenters. The average Bonchev–Trinajstić information content (AvgIpc) is 3.04. The smallest absolute Gasteiger partial charge is 0.409 e. The molecule has 1 saturated heterocycles. The highest BCUT2D eigenvalue weighted by Gasteiger charge is 2.22. The van der Waals surface area contributed by atoms with Crippen molar-refractivity contribution in [3.05, 3.63) is 59.9 Å². The van der Waals surface area contributed by atoms with Crippen LogP contribution in [0, 0.1) is 11.7 Å². The van der Waals surface area contributed by atoms with Crippen molar-refractivity contribution in [2.45, 2.75) is 20.3 Å². The van der Waals surface area contributed by atoms with Crippen LogP contribution in [0.2, 0.25) is 0 Å². The molecule has 0 bridgehead atoms. The first-order valence-corrected chi connectivity index (χ1v) is 11.4. The highest BCUT2D eigenvalue weighted by atomic mass is 19.1. The van der Waals surface area contributed by atoms with Crippen LogP contribution in [-0.2, 0) is 9.53 Å². The summed E-state index contributed by atoms with van der Waals surface area (Å²) in [7, 11) is 0. The maximum Gasteiger partial charge on any atom is 0.409 e. The van der Waals surface area contributed by atoms with Gasteiger partial charge in [0.25, 0.3) is 5.91 Å². The van der Waals surface area contributed by atoms with E-state index in [1.54, 1.807) is 29.2 Å². The number of nitrogens with zero attached hydrogens (tertiary/aromatic N) is 2. The number of benzene rings is 2. The van der Waals surface area contributed by atoms with Gasteiger partial charge in [-0.15, -0.1) is 0 Å². The van der Waals surface area contributed by atoms with Gasteiger partial charge in [-0.05, 0) is 48.7 Å². The number of hydrogen-bond donors (Lipinski definition) is 2. The second kappa shape index (κ2) is 12.1. The van der Waals surface area contributed by atoms with Crippen molar-refractivity contribution >= 4 is 29.3 Å². The molecule has 1 heterocycles. The van der Waals surface area contributed by atoms with Crippen molar-refractivity contribution in [1.29, 1.82) is 0 Å². The van der Waals surface area contributed by atoms with E-state index in [0.717, 1.165) is 6.42 Å². The van der Waals surface area contributed by atoms with E-state index in [-0.39, 0.29) is 24.5 Å². The number of rotatable bonds is 7. The van der Waals surface area contributed by atoms with Crippen LogP contribution in [0.15, 0.2) is 48.5 Å². The Bertz CT molecular complexity index is 997. The average molecular weight is 471 g/mol. The molecule has 0 spiro atoms. The molecular formula is C25H31FN4O4. The maximum absolute atomic E-state index is 13.1. The molecular weight excluding hydrogens is 439 g/mol. The second-order valence-corrected chi connectivity index (χ2v) is 8.64. The molecule has 3 rings (SSSR count). The summed E-state index contributed by atoms with van der Waals surface area (Å²) >= 11 is 0. The van der Waals surface area contributed by atoms with Gasteiger partial charge in [-0.3, -0.25) is 14.5 Å². The van der Waals surface area contributed by atoms with Gasteiger partial charge in [0.1, 0.15) is 5.82 Å². The maximum atomic E-state index is 13.1. The summed E-state index contributed by atoms with van der Waals surface area (Å²) in [5.74, 6) is -0.780. The molecule has 0 radical (unpaired) electrons. The molecule has 8 nitrogen and oxygen atoms in total. The quantitative estimate of drug-likeness (QED) is 0.642. The molecule has 1 aliphatic rings. The summed E-state index contributed by atoms with van der Waals surface area (Å²) in [6, 6.07) is 12.2. The van der Waals surface area contributed by atoms with Crippen molar-refractivity contribution in [1.82, 2.24) is 9.80 Å². The summed E-state index contributed by atoms with van der Waals surface area (Å²) in [5, 5.41) is 5.52. The Balaban J connectivity index is 1.54. The van der Waals surface area contributed by atoms with E-state index in [2.05, 4.69) is 10.6 Å². The molecule has 3 amide bonds. The van der Waals surface area contributed by atoms with E-state index in [9.17, 15) is 18.8 Å². The highest BCUT2D eigenvalue weighted by Crippen LogP contribution is 2.18. The number of ether oxygens (including phenoxy) is 1. The van der Waals surface area contributed by atoms with Gasteiger partial charge in [0.05, 0.1) is 24.4 Å². The summed E-state index contributed by atoms with van der Waals surface area (Å²) < 4.78 is 18.4. The van der Waals surface area contributed by atoms with E-state index in [1.165, 1.54) is 24.3 Å². The third-order valence-electron chi connectivity index (χ3n) is 5.30. The van der Waals surface area contributed by atoms with Gasteiger partial charge >= 0.3 is 6.09 Å². The third kappa shape index (κ3) is 7.55. The van der Waals surface area contributed by atoms with Crippen LogP contribution in [-0.4, -0.2) is 67.0 Å². The number of nitrogens with one attached hydrogen (secondary N) is 2. The Kier molecular flexibility index (Phi) is 8.98. The van der Waals surface area contributed by atoms with Gasteiger partial charge in [0, 0.05) is 31.9 Å². The first-order valence-electron chi connectivity index (χ1n) is 11.4. The molecule has 2 N–H and O–H groups in total. The van der Waals surface area contributed by atoms with Crippen molar-refractivity contribution < 1.29 is 23.5 Å². The van der Waals surface area contributed by atoms with Gasteiger partial charge in [-0.1, -0.05) is 26.0 Å². The molecule has 2 aromatic rings. The number of carbonyl (C=O) groups excluding carboxylic acids is 3. The van der Waals surface area contributed by atoms with Gasteiger partial charge in [0.15, 0.2) is 0 Å². The summed E-state index contributed by atoms with van der Waals surface area (Å²) in [5.41, 5.74) is 1.14. The number of amides is 3. The van der Waals surface area contributed by atoms with Crippen molar-refractivity contribution in [2.75, 3.05) is 50.0 Å². The Morgan fingerprint density at radius 1 is 0.971 bits per heavy atom. The SMILES string of the molecule is CC(C)COC(=O)N1CCCN(CC(=O)Nc2ccccc2C(=O)Nc2ccc(F)cc2)CC1. The molecule has 1 aliphatic heterocycles. The molecule has 1 fully saturated rings. The molecule has 0 saturated carbocycles. The molecule has 0 aliphatic carbocycles. The molecule has 0 aromatic heterocycles. The molecule has 9 heteroatoms. The van der Waals surface area contributed by atoms with Crippen LogP contribution in [0.3, 0.4) is 0 Å². The lowest BCUT2D eigenvalue weighted by atomic mass is 10.1. The van der Waals surface area contributed by atoms with Crippen LogP contribution in [0.5, 0.6) is 0 Å². The lowest BCUT2D eigenvalue weighted by Gasteiger charge is -2.22. The second-order valence-electron chi connectivity index (χ2n) is 8.64. The summed E-state index contributed by atoms with van der Waals surface area (Å²) in [6.07, 6.45) is 0.418. The normalized spacial score (nSPS) is 14.4. The van der Waals surface area contributed by atoms with Gasteiger partial charge in [0.2, 0.25) is 5.91 Å².